The molecule has 0 aliphatic rings. The minimum Gasteiger partial charge on any atom is -0.347 e. The number of benzene rings is 4. The van der Waals surface area contributed by atoms with E-state index in [1.165, 1.54) is 33.4 Å². The lowest BCUT2D eigenvalue weighted by Crippen LogP contribution is -2.21. The molecule has 0 radical (unpaired) electrons. The topological polar surface area (TPSA) is 40.5 Å². The Labute approximate surface area is 274 Å². The highest BCUT2D eigenvalue weighted by Gasteiger charge is 2.33. The fraction of sp³-hybridized carbons (Fsp3) is 0.429. The lowest BCUT2D eigenvalue weighted by molar-refractivity contribution is 0.497. The molecule has 2 N–H and O–H groups in total. The van der Waals surface area contributed by atoms with E-state index in [2.05, 4.69) is 158 Å². The quantitative estimate of drug-likeness (QED) is 0.222. The van der Waals surface area contributed by atoms with Gasteiger partial charge in [0.2, 0.25) is 0 Å². The third kappa shape index (κ3) is 7.15. The second-order valence-electron chi connectivity index (χ2n) is 17.0. The Morgan fingerprint density at radius 2 is 0.889 bits per heavy atom. The van der Waals surface area contributed by atoms with Gasteiger partial charge in [0.1, 0.15) is 0 Å². The average molecular weight is 623 g/mol. The molecule has 0 aliphatic heterocycles. The van der Waals surface area contributed by atoms with Gasteiger partial charge in [0.05, 0.1) is 0 Å². The fourth-order valence-corrected chi connectivity index (χ4v) is 7.05. The smallest absolute Gasteiger partial charge is 0.200 e. The van der Waals surface area contributed by atoms with Gasteiger partial charge in [-0.15, -0.1) is 0 Å². The summed E-state index contributed by atoms with van der Waals surface area (Å²) in [4.78, 5) is 22.3. The molecule has 0 saturated heterocycles. The predicted molar refractivity (Wildman–Crippen MR) is 198 cm³/mol. The highest BCUT2D eigenvalue weighted by molar-refractivity contribution is 7.54. The van der Waals surface area contributed by atoms with Crippen LogP contribution in [-0.2, 0) is 21.7 Å². The molecule has 0 spiro atoms. The van der Waals surface area contributed by atoms with Gasteiger partial charge in [-0.1, -0.05) is 144 Å². The van der Waals surface area contributed by atoms with E-state index in [0.29, 0.717) is 5.30 Å². The molecule has 0 amide bonds. The molecule has 4 aromatic rings. The van der Waals surface area contributed by atoms with Gasteiger partial charge in [0.25, 0.3) is 0 Å². The van der Waals surface area contributed by atoms with Crippen LogP contribution in [0.4, 0.5) is 0 Å². The number of rotatable bonds is 4. The minimum atomic E-state index is -2.39. The van der Waals surface area contributed by atoms with Crippen molar-refractivity contribution in [3.05, 3.63) is 100 Å². The van der Waals surface area contributed by atoms with Crippen LogP contribution in [0.3, 0.4) is 0 Å². The van der Waals surface area contributed by atoms with Gasteiger partial charge in [0.15, 0.2) is 8.38 Å². The molecule has 240 valence electrons. The van der Waals surface area contributed by atoms with E-state index < -0.39 is 8.38 Å². The van der Waals surface area contributed by atoms with E-state index in [-0.39, 0.29) is 21.7 Å². The molecular weight excluding hydrogens is 567 g/mol. The molecule has 0 saturated carbocycles. The second kappa shape index (κ2) is 12.1. The monoisotopic (exact) mass is 622 g/mol. The maximum absolute atomic E-state index is 11.1. The van der Waals surface area contributed by atoms with Crippen LogP contribution in [0.1, 0.15) is 116 Å². The summed E-state index contributed by atoms with van der Waals surface area (Å²) in [5, 5.41) is 0.593. The Hall–Kier alpha value is -2.77. The maximum atomic E-state index is 11.1. The Balaban J connectivity index is 2.37. The van der Waals surface area contributed by atoms with Crippen LogP contribution in [0.5, 0.6) is 0 Å². The maximum Gasteiger partial charge on any atom is 0.200 e. The van der Waals surface area contributed by atoms with E-state index in [1.807, 2.05) is 6.07 Å². The predicted octanol–water partition coefficient (Wildman–Crippen LogP) is 11.4. The molecule has 2 nitrogen and oxygen atoms in total. The summed E-state index contributed by atoms with van der Waals surface area (Å²) in [7, 11) is -2.39. The Kier molecular flexibility index (Phi) is 9.44. The zero-order chi connectivity index (χ0) is 33.9. The number of aryl methyl sites for hydroxylation is 2. The molecule has 0 atom stereocenters. The van der Waals surface area contributed by atoms with Crippen LogP contribution in [0.2, 0.25) is 0 Å². The number of hydrogen-bond acceptors (Lipinski definition) is 2. The Morgan fingerprint density at radius 1 is 0.467 bits per heavy atom. The molecule has 4 aromatic carbocycles. The lowest BCUT2D eigenvalue weighted by atomic mass is 9.71. The van der Waals surface area contributed by atoms with Crippen molar-refractivity contribution >= 4 is 13.7 Å². The van der Waals surface area contributed by atoms with Crippen molar-refractivity contribution in [1.82, 2.24) is 0 Å². The summed E-state index contributed by atoms with van der Waals surface area (Å²) in [6.07, 6.45) is 0. The molecule has 0 aliphatic carbocycles. The zero-order valence-corrected chi connectivity index (χ0v) is 31.1. The summed E-state index contributed by atoms with van der Waals surface area (Å²) in [6, 6.07) is 24.0. The average Bonchev–Trinajstić information content (AvgIpc) is 2.90. The summed E-state index contributed by atoms with van der Waals surface area (Å²) in [5.41, 5.74) is 13.5. The molecule has 3 heteroatoms. The second-order valence-corrected chi connectivity index (χ2v) is 18.0. The summed E-state index contributed by atoms with van der Waals surface area (Å²) >= 11 is 0. The molecule has 0 bridgehead atoms. The van der Waals surface area contributed by atoms with Gasteiger partial charge in [-0.2, -0.15) is 0 Å². The Bertz CT molecular complexity index is 1700. The van der Waals surface area contributed by atoms with Crippen molar-refractivity contribution in [1.29, 1.82) is 0 Å². The first kappa shape index (κ1) is 35.1. The molecule has 45 heavy (non-hydrogen) atoms. The standard InChI is InChI=1S/C42H55O2P/c1-26-22-29(39(3,4)5)24-32(41(9,10)11)35(26)37-31(28-18-16-15-17-19-28)20-21-34(45(43)44)38(37)36-27(2)23-30(40(6,7)8)25-33(36)42(12,13)14/h15-25,43-44H,1-14H3. The van der Waals surface area contributed by atoms with Crippen molar-refractivity contribution in [2.45, 2.75) is 119 Å². The molecule has 0 fully saturated rings. The molecule has 0 unspecified atom stereocenters. The van der Waals surface area contributed by atoms with Crippen LogP contribution in [-0.4, -0.2) is 9.79 Å². The summed E-state index contributed by atoms with van der Waals surface area (Å²) < 4.78 is 0. The van der Waals surface area contributed by atoms with E-state index in [9.17, 15) is 9.79 Å². The first-order valence-corrected chi connectivity index (χ1v) is 17.5. The van der Waals surface area contributed by atoms with Crippen molar-refractivity contribution in [3.63, 3.8) is 0 Å². The van der Waals surface area contributed by atoms with E-state index in [0.717, 1.165) is 33.4 Å². The van der Waals surface area contributed by atoms with Gasteiger partial charge in [-0.25, -0.2) is 0 Å². The summed E-state index contributed by atoms with van der Waals surface area (Å²) in [5.74, 6) is 0. The third-order valence-electron chi connectivity index (χ3n) is 9.00. The van der Waals surface area contributed by atoms with Crippen LogP contribution >= 0.6 is 8.38 Å². The molecule has 0 heterocycles. The van der Waals surface area contributed by atoms with E-state index >= 15 is 0 Å². The van der Waals surface area contributed by atoms with Crippen LogP contribution in [0.25, 0.3) is 33.4 Å². The van der Waals surface area contributed by atoms with Gasteiger partial charge >= 0.3 is 0 Å². The minimum absolute atomic E-state index is 0.0144. The molecule has 4 rings (SSSR count). The van der Waals surface area contributed by atoms with Crippen molar-refractivity contribution in [2.75, 3.05) is 0 Å². The van der Waals surface area contributed by atoms with Crippen molar-refractivity contribution < 1.29 is 9.79 Å². The van der Waals surface area contributed by atoms with Gasteiger partial charge in [-0.05, 0) is 103 Å². The van der Waals surface area contributed by atoms with E-state index in [4.69, 9.17) is 0 Å². The van der Waals surface area contributed by atoms with Gasteiger partial charge < -0.3 is 9.79 Å². The SMILES string of the molecule is Cc1cc(C(C)(C)C)cc(C(C)(C)C)c1-c1c(-c2ccccc2)ccc(P(O)O)c1-c1c(C)cc(C(C)(C)C)cc1C(C)(C)C. The zero-order valence-electron chi connectivity index (χ0n) is 30.2. The lowest BCUT2D eigenvalue weighted by Gasteiger charge is -2.34. The first-order valence-electron chi connectivity index (χ1n) is 16.3. The number of hydrogen-bond donors (Lipinski definition) is 2. The highest BCUT2D eigenvalue weighted by Crippen LogP contribution is 2.51. The van der Waals surface area contributed by atoms with Crippen LogP contribution < -0.4 is 5.30 Å². The first-order chi connectivity index (χ1) is 20.5. The third-order valence-corrected chi connectivity index (χ3v) is 9.81. The fourth-order valence-electron chi connectivity index (χ4n) is 6.42. The Morgan fingerprint density at radius 3 is 1.27 bits per heavy atom. The van der Waals surface area contributed by atoms with Crippen molar-refractivity contribution in [2.24, 2.45) is 0 Å². The van der Waals surface area contributed by atoms with Crippen LogP contribution in [0, 0.1) is 13.8 Å². The van der Waals surface area contributed by atoms with Crippen molar-refractivity contribution in [3.8, 4) is 33.4 Å². The highest BCUT2D eigenvalue weighted by atomic mass is 31.2. The molecular formula is C42H55O2P. The van der Waals surface area contributed by atoms with Crippen LogP contribution in [0.15, 0.2) is 66.7 Å². The summed E-state index contributed by atoms with van der Waals surface area (Å²) in [6.45, 7) is 31.7. The normalized spacial score (nSPS) is 13.1. The van der Waals surface area contributed by atoms with Gasteiger partial charge in [-0.3, -0.25) is 0 Å². The van der Waals surface area contributed by atoms with E-state index in [1.54, 1.807) is 0 Å². The van der Waals surface area contributed by atoms with Gasteiger partial charge in [0, 0.05) is 10.9 Å². The molecule has 0 aromatic heterocycles. The largest absolute Gasteiger partial charge is 0.347 e.